The molecule has 196 valence electrons. The van der Waals surface area contributed by atoms with Crippen LogP contribution in [0.3, 0.4) is 0 Å². The molecule has 2 aliphatic heterocycles. The summed E-state index contributed by atoms with van der Waals surface area (Å²) in [5.74, 6) is 0.847. The average molecular weight is 509 g/mol. The molecule has 0 N–H and O–H groups in total. The van der Waals surface area contributed by atoms with E-state index in [1.807, 2.05) is 13.0 Å². The van der Waals surface area contributed by atoms with Crippen molar-refractivity contribution < 1.29 is 28.2 Å². The van der Waals surface area contributed by atoms with Gasteiger partial charge in [-0.1, -0.05) is 6.92 Å². The Hall–Kier alpha value is -3.40. The van der Waals surface area contributed by atoms with Crippen LogP contribution in [0, 0.1) is 0 Å². The van der Waals surface area contributed by atoms with Gasteiger partial charge in [0.25, 0.3) is 0 Å². The van der Waals surface area contributed by atoms with Crippen LogP contribution >= 0.6 is 0 Å². The summed E-state index contributed by atoms with van der Waals surface area (Å²) in [4.78, 5) is 29.9. The molecule has 0 aliphatic carbocycles. The van der Waals surface area contributed by atoms with E-state index in [-0.39, 0.29) is 17.1 Å². The molecule has 2 aromatic carbocycles. The Morgan fingerprint density at radius 1 is 1.03 bits per heavy atom. The molecule has 37 heavy (non-hydrogen) atoms. The lowest BCUT2D eigenvalue weighted by atomic mass is 10.1. The molecule has 0 spiro atoms. The molecule has 0 radical (unpaired) electrons. The highest BCUT2D eigenvalue weighted by Crippen LogP contribution is 2.32. The number of rotatable bonds is 9. The Labute approximate surface area is 215 Å². The number of hydrogen-bond donors (Lipinski definition) is 0. The van der Waals surface area contributed by atoms with E-state index in [1.54, 1.807) is 30.3 Å². The summed E-state index contributed by atoms with van der Waals surface area (Å²) in [6, 6.07) is 10.0. The highest BCUT2D eigenvalue weighted by molar-refractivity contribution is 5.89. The van der Waals surface area contributed by atoms with Crippen molar-refractivity contribution in [3.63, 3.8) is 0 Å². The minimum Gasteiger partial charge on any atom is -0.478 e. The third kappa shape index (κ3) is 5.95. The maximum absolute atomic E-state index is 13.2. The largest absolute Gasteiger partial charge is 0.478 e. The van der Waals surface area contributed by atoms with E-state index in [9.17, 15) is 9.59 Å². The Bertz CT molecular complexity index is 1280. The third-order valence-electron chi connectivity index (χ3n) is 6.56. The first kappa shape index (κ1) is 25.3. The summed E-state index contributed by atoms with van der Waals surface area (Å²) >= 11 is 0. The van der Waals surface area contributed by atoms with Gasteiger partial charge in [-0.05, 0) is 55.8 Å². The van der Waals surface area contributed by atoms with Crippen molar-refractivity contribution in [2.75, 3.05) is 52.7 Å². The average Bonchev–Trinajstić information content (AvgIpc) is 2.94. The minimum atomic E-state index is -0.388. The maximum atomic E-state index is 13.2. The van der Waals surface area contributed by atoms with Gasteiger partial charge < -0.3 is 23.4 Å². The van der Waals surface area contributed by atoms with Gasteiger partial charge in [-0.15, -0.1) is 0 Å². The second-order valence-electron chi connectivity index (χ2n) is 9.24. The van der Waals surface area contributed by atoms with Gasteiger partial charge in [0.1, 0.15) is 30.1 Å². The number of ether oxygens (including phenoxy) is 4. The smallest absolute Gasteiger partial charge is 0.338 e. The number of fused-ring (bicyclic) bond motifs is 3. The van der Waals surface area contributed by atoms with Crippen molar-refractivity contribution in [3.05, 3.63) is 64.0 Å². The zero-order valence-electron chi connectivity index (χ0n) is 21.1. The summed E-state index contributed by atoms with van der Waals surface area (Å²) in [5, 5.41) is 0.440. The van der Waals surface area contributed by atoms with Gasteiger partial charge >= 0.3 is 5.97 Å². The first-order valence-corrected chi connectivity index (χ1v) is 12.8. The third-order valence-corrected chi connectivity index (χ3v) is 6.56. The summed E-state index contributed by atoms with van der Waals surface area (Å²) in [5.41, 5.74) is 1.54. The molecular weight excluding hydrogens is 476 g/mol. The van der Waals surface area contributed by atoms with Crippen LogP contribution in [0.1, 0.15) is 35.7 Å². The quantitative estimate of drug-likeness (QED) is 0.397. The standard InChI is InChI=1S/C28H32N2O7/c1-2-14-34-28(32)20-4-6-21(7-5-20)37-25-18-35-27-22(26(25)31)8-9-24-23(27)17-30(19-36-24)11-3-10-29-12-15-33-16-13-29/h4-9,18H,2-3,10-17,19H2,1H3. The van der Waals surface area contributed by atoms with E-state index in [4.69, 9.17) is 23.4 Å². The maximum Gasteiger partial charge on any atom is 0.338 e. The fourth-order valence-electron chi connectivity index (χ4n) is 4.56. The summed E-state index contributed by atoms with van der Waals surface area (Å²) in [7, 11) is 0. The normalized spacial score (nSPS) is 16.2. The Balaban J connectivity index is 1.26. The molecule has 0 bridgehead atoms. The Kier molecular flexibility index (Phi) is 8.03. The van der Waals surface area contributed by atoms with E-state index in [0.29, 0.717) is 42.2 Å². The van der Waals surface area contributed by atoms with Crippen molar-refractivity contribution in [1.29, 1.82) is 0 Å². The monoisotopic (exact) mass is 508 g/mol. The molecule has 0 atom stereocenters. The van der Waals surface area contributed by atoms with Crippen molar-refractivity contribution in [2.24, 2.45) is 0 Å². The van der Waals surface area contributed by atoms with Crippen molar-refractivity contribution >= 4 is 16.9 Å². The molecule has 1 aromatic heterocycles. The molecule has 0 saturated carbocycles. The number of nitrogens with zero attached hydrogens (tertiary/aromatic N) is 2. The van der Waals surface area contributed by atoms with E-state index in [1.165, 1.54) is 6.26 Å². The minimum absolute atomic E-state index is 0.0767. The number of hydrogen-bond acceptors (Lipinski definition) is 9. The highest BCUT2D eigenvalue weighted by Gasteiger charge is 2.23. The van der Waals surface area contributed by atoms with Gasteiger partial charge in [0, 0.05) is 26.2 Å². The van der Waals surface area contributed by atoms with Crippen molar-refractivity contribution in [3.8, 4) is 17.2 Å². The summed E-state index contributed by atoms with van der Waals surface area (Å²) in [6.45, 7) is 8.95. The second-order valence-corrected chi connectivity index (χ2v) is 9.24. The Morgan fingerprint density at radius 2 is 1.81 bits per heavy atom. The molecule has 0 unspecified atom stereocenters. The van der Waals surface area contributed by atoms with E-state index < -0.39 is 0 Å². The molecule has 5 rings (SSSR count). The molecule has 9 nitrogen and oxygen atoms in total. The van der Waals surface area contributed by atoms with Gasteiger partial charge in [0.05, 0.1) is 36.3 Å². The molecule has 1 fully saturated rings. The second kappa shape index (κ2) is 11.8. The molecule has 0 amide bonds. The fraction of sp³-hybridized carbons (Fsp3) is 0.429. The SMILES string of the molecule is CCCOC(=O)c1ccc(Oc2coc3c4c(ccc3c2=O)OCN(CCCN2CCOCC2)C4)cc1. The lowest BCUT2D eigenvalue weighted by Crippen LogP contribution is -2.39. The van der Waals surface area contributed by atoms with Crippen LogP contribution < -0.4 is 14.9 Å². The van der Waals surface area contributed by atoms with Crippen LogP contribution in [0.25, 0.3) is 11.0 Å². The summed E-state index contributed by atoms with van der Waals surface area (Å²) in [6.07, 6.45) is 3.12. The van der Waals surface area contributed by atoms with E-state index in [2.05, 4.69) is 9.80 Å². The fourth-order valence-corrected chi connectivity index (χ4v) is 4.56. The summed E-state index contributed by atoms with van der Waals surface area (Å²) < 4.78 is 28.2. The van der Waals surface area contributed by atoms with E-state index in [0.717, 1.165) is 63.5 Å². The zero-order valence-corrected chi connectivity index (χ0v) is 21.1. The highest BCUT2D eigenvalue weighted by atomic mass is 16.5. The van der Waals surface area contributed by atoms with Crippen LogP contribution in [0.2, 0.25) is 0 Å². The van der Waals surface area contributed by atoms with Crippen LogP contribution in [0.15, 0.2) is 51.9 Å². The van der Waals surface area contributed by atoms with Crippen LogP contribution in [-0.2, 0) is 16.0 Å². The van der Waals surface area contributed by atoms with Gasteiger partial charge in [0.2, 0.25) is 11.2 Å². The zero-order chi connectivity index (χ0) is 25.6. The number of carbonyl (C=O) groups is 1. The lowest BCUT2D eigenvalue weighted by Gasteiger charge is -2.31. The van der Waals surface area contributed by atoms with Crippen molar-refractivity contribution in [2.45, 2.75) is 26.3 Å². The predicted octanol–water partition coefficient (Wildman–Crippen LogP) is 4.03. The van der Waals surface area contributed by atoms with E-state index >= 15 is 0 Å². The van der Waals surface area contributed by atoms with Gasteiger partial charge in [-0.25, -0.2) is 4.79 Å². The topological polar surface area (TPSA) is 90.7 Å². The van der Waals surface area contributed by atoms with Gasteiger partial charge in [-0.3, -0.25) is 14.6 Å². The first-order valence-electron chi connectivity index (χ1n) is 12.8. The van der Waals surface area contributed by atoms with Gasteiger partial charge in [0.15, 0.2) is 0 Å². The molecule has 2 aliphatic rings. The van der Waals surface area contributed by atoms with Gasteiger partial charge in [-0.2, -0.15) is 0 Å². The van der Waals surface area contributed by atoms with Crippen LogP contribution in [0.4, 0.5) is 0 Å². The van der Waals surface area contributed by atoms with Crippen LogP contribution in [0.5, 0.6) is 17.2 Å². The number of morpholine rings is 1. The first-order chi connectivity index (χ1) is 18.1. The number of esters is 1. The number of carbonyl (C=O) groups excluding carboxylic acids is 1. The van der Waals surface area contributed by atoms with Crippen molar-refractivity contribution in [1.82, 2.24) is 9.80 Å². The molecule has 1 saturated heterocycles. The Morgan fingerprint density at radius 3 is 2.59 bits per heavy atom. The molecular formula is C28H32N2O7. The predicted molar refractivity (Wildman–Crippen MR) is 137 cm³/mol. The van der Waals surface area contributed by atoms with Crippen LogP contribution in [-0.4, -0.2) is 68.5 Å². The molecule has 9 heteroatoms. The lowest BCUT2D eigenvalue weighted by molar-refractivity contribution is 0.0330. The molecule has 3 heterocycles. The molecule has 3 aromatic rings. The number of benzene rings is 2.